The summed E-state index contributed by atoms with van der Waals surface area (Å²) in [4.78, 5) is 0. The van der Waals surface area contributed by atoms with E-state index < -0.39 is 11.7 Å². The Morgan fingerprint density at radius 3 is 2.42 bits per heavy atom. The molecule has 0 radical (unpaired) electrons. The SMILES string of the molecule is CC(=CCCNC1CC1)c1ccc(C(F)(F)F)cc1. The minimum atomic E-state index is -4.26. The molecule has 0 heterocycles. The molecule has 1 saturated carbocycles. The molecule has 0 saturated heterocycles. The molecule has 0 aliphatic heterocycles. The molecule has 1 aromatic carbocycles. The van der Waals surface area contributed by atoms with Gasteiger partial charge in [0.05, 0.1) is 5.56 Å². The minimum absolute atomic E-state index is 0.598. The molecule has 0 amide bonds. The zero-order valence-corrected chi connectivity index (χ0v) is 10.9. The molecule has 1 N–H and O–H groups in total. The van der Waals surface area contributed by atoms with Crippen LogP contribution in [0.4, 0.5) is 13.2 Å². The summed E-state index contributed by atoms with van der Waals surface area (Å²) in [5.74, 6) is 0. The van der Waals surface area contributed by atoms with Gasteiger partial charge >= 0.3 is 6.18 Å². The summed E-state index contributed by atoms with van der Waals surface area (Å²) in [5.41, 5.74) is 1.27. The van der Waals surface area contributed by atoms with Crippen LogP contribution >= 0.6 is 0 Å². The van der Waals surface area contributed by atoms with E-state index >= 15 is 0 Å². The van der Waals surface area contributed by atoms with E-state index in [2.05, 4.69) is 11.4 Å². The summed E-state index contributed by atoms with van der Waals surface area (Å²) in [5, 5.41) is 3.40. The maximum atomic E-state index is 12.4. The van der Waals surface area contributed by atoms with Gasteiger partial charge in [-0.25, -0.2) is 0 Å². The molecule has 0 unspecified atom stereocenters. The van der Waals surface area contributed by atoms with Gasteiger partial charge in [-0.15, -0.1) is 0 Å². The molecule has 1 aromatic rings. The Labute approximate surface area is 111 Å². The number of benzene rings is 1. The normalized spacial score (nSPS) is 16.7. The summed E-state index contributed by atoms with van der Waals surface area (Å²) in [6.07, 6.45) is 1.24. The van der Waals surface area contributed by atoms with Crippen LogP contribution in [0.25, 0.3) is 5.57 Å². The standard InChI is InChI=1S/C15H18F3N/c1-11(3-2-10-19-14-8-9-14)12-4-6-13(7-5-12)15(16,17)18/h3-7,14,19H,2,8-10H2,1H3. The van der Waals surface area contributed by atoms with Crippen LogP contribution in [0.2, 0.25) is 0 Å². The maximum Gasteiger partial charge on any atom is 0.416 e. The van der Waals surface area contributed by atoms with Gasteiger partial charge in [0, 0.05) is 6.04 Å². The Morgan fingerprint density at radius 2 is 1.89 bits per heavy atom. The van der Waals surface area contributed by atoms with Crippen molar-refractivity contribution in [2.45, 2.75) is 38.4 Å². The molecule has 4 heteroatoms. The monoisotopic (exact) mass is 269 g/mol. The number of allylic oxidation sites excluding steroid dienone is 1. The quantitative estimate of drug-likeness (QED) is 0.788. The second-order valence-corrected chi connectivity index (χ2v) is 4.98. The highest BCUT2D eigenvalue weighted by molar-refractivity contribution is 5.63. The van der Waals surface area contributed by atoms with Gasteiger partial charge in [0.2, 0.25) is 0 Å². The summed E-state index contributed by atoms with van der Waals surface area (Å²) in [6, 6.07) is 6.02. The van der Waals surface area contributed by atoms with Crippen molar-refractivity contribution < 1.29 is 13.2 Å². The minimum Gasteiger partial charge on any atom is -0.314 e. The third kappa shape index (κ3) is 4.39. The maximum absolute atomic E-state index is 12.4. The van der Waals surface area contributed by atoms with Crippen molar-refractivity contribution in [3.05, 3.63) is 41.5 Å². The number of nitrogens with one attached hydrogen (secondary N) is 1. The second kappa shape index (κ2) is 5.78. The highest BCUT2D eigenvalue weighted by Gasteiger charge is 2.29. The Bertz CT molecular complexity index is 441. The first-order valence-corrected chi connectivity index (χ1v) is 6.54. The molecular weight excluding hydrogens is 251 g/mol. The molecule has 2 rings (SSSR count). The van der Waals surface area contributed by atoms with E-state index in [0.29, 0.717) is 6.04 Å². The molecule has 104 valence electrons. The smallest absolute Gasteiger partial charge is 0.314 e. The molecule has 1 fully saturated rings. The molecule has 1 aliphatic rings. The van der Waals surface area contributed by atoms with Crippen molar-refractivity contribution in [1.29, 1.82) is 0 Å². The third-order valence-electron chi connectivity index (χ3n) is 3.27. The van der Waals surface area contributed by atoms with Crippen LogP contribution in [0.3, 0.4) is 0 Å². The summed E-state index contributed by atoms with van der Waals surface area (Å²) in [7, 11) is 0. The lowest BCUT2D eigenvalue weighted by molar-refractivity contribution is -0.137. The average Bonchev–Trinajstić information content (AvgIpc) is 3.17. The predicted octanol–water partition coefficient (Wildman–Crippen LogP) is 4.25. The zero-order chi connectivity index (χ0) is 13.9. The molecule has 0 atom stereocenters. The molecule has 1 nitrogen and oxygen atoms in total. The van der Waals surface area contributed by atoms with Gasteiger partial charge in [0.15, 0.2) is 0 Å². The fraction of sp³-hybridized carbons (Fsp3) is 0.467. The fourth-order valence-corrected chi connectivity index (χ4v) is 1.90. The Hall–Kier alpha value is -1.29. The van der Waals surface area contributed by atoms with Crippen LogP contribution in [0.15, 0.2) is 30.3 Å². The van der Waals surface area contributed by atoms with Crippen LogP contribution in [0.1, 0.15) is 37.3 Å². The molecule has 0 aromatic heterocycles. The summed E-state index contributed by atoms with van der Waals surface area (Å²) >= 11 is 0. The van der Waals surface area contributed by atoms with Gasteiger partial charge in [-0.05, 0) is 56.0 Å². The molecular formula is C15H18F3N. The van der Waals surface area contributed by atoms with Crippen molar-refractivity contribution in [2.75, 3.05) is 6.54 Å². The van der Waals surface area contributed by atoms with Gasteiger partial charge in [-0.1, -0.05) is 18.2 Å². The topological polar surface area (TPSA) is 12.0 Å². The van der Waals surface area contributed by atoms with E-state index in [4.69, 9.17) is 0 Å². The van der Waals surface area contributed by atoms with E-state index in [1.807, 2.05) is 6.92 Å². The predicted molar refractivity (Wildman–Crippen MR) is 70.7 cm³/mol. The lowest BCUT2D eigenvalue weighted by atomic mass is 10.0. The third-order valence-corrected chi connectivity index (χ3v) is 3.27. The Morgan fingerprint density at radius 1 is 1.26 bits per heavy atom. The van der Waals surface area contributed by atoms with Crippen LogP contribution in [0.5, 0.6) is 0 Å². The Kier molecular flexibility index (Phi) is 4.30. The number of hydrogen-bond donors (Lipinski definition) is 1. The number of halogens is 3. The molecule has 19 heavy (non-hydrogen) atoms. The lowest BCUT2D eigenvalue weighted by Gasteiger charge is -2.08. The second-order valence-electron chi connectivity index (χ2n) is 4.98. The largest absolute Gasteiger partial charge is 0.416 e. The fourth-order valence-electron chi connectivity index (χ4n) is 1.90. The van der Waals surface area contributed by atoms with Gasteiger partial charge in [0.1, 0.15) is 0 Å². The highest BCUT2D eigenvalue weighted by atomic mass is 19.4. The van der Waals surface area contributed by atoms with E-state index in [-0.39, 0.29) is 0 Å². The Balaban J connectivity index is 1.90. The van der Waals surface area contributed by atoms with Crippen molar-refractivity contribution in [3.63, 3.8) is 0 Å². The lowest BCUT2D eigenvalue weighted by Crippen LogP contribution is -2.16. The summed E-state index contributed by atoms with van der Waals surface area (Å²) < 4.78 is 37.3. The van der Waals surface area contributed by atoms with Crippen molar-refractivity contribution in [2.24, 2.45) is 0 Å². The number of rotatable bonds is 5. The molecule has 0 bridgehead atoms. The van der Waals surface area contributed by atoms with Gasteiger partial charge in [-0.2, -0.15) is 13.2 Å². The van der Waals surface area contributed by atoms with E-state index in [9.17, 15) is 13.2 Å². The average molecular weight is 269 g/mol. The van der Waals surface area contributed by atoms with Crippen molar-refractivity contribution in [1.82, 2.24) is 5.32 Å². The van der Waals surface area contributed by atoms with E-state index in [0.717, 1.165) is 36.2 Å². The first-order valence-electron chi connectivity index (χ1n) is 6.54. The first-order chi connectivity index (χ1) is 8.97. The zero-order valence-electron chi connectivity index (χ0n) is 10.9. The van der Waals surface area contributed by atoms with E-state index in [1.54, 1.807) is 0 Å². The van der Waals surface area contributed by atoms with Crippen molar-refractivity contribution >= 4 is 5.57 Å². The van der Waals surface area contributed by atoms with Gasteiger partial charge in [0.25, 0.3) is 0 Å². The van der Waals surface area contributed by atoms with Crippen LogP contribution in [-0.4, -0.2) is 12.6 Å². The van der Waals surface area contributed by atoms with Gasteiger partial charge in [-0.3, -0.25) is 0 Å². The summed E-state index contributed by atoms with van der Waals surface area (Å²) in [6.45, 7) is 2.86. The van der Waals surface area contributed by atoms with E-state index in [1.165, 1.54) is 25.0 Å². The number of alkyl halides is 3. The van der Waals surface area contributed by atoms with Crippen LogP contribution in [-0.2, 0) is 6.18 Å². The van der Waals surface area contributed by atoms with Crippen LogP contribution in [0, 0.1) is 0 Å². The molecule has 1 aliphatic carbocycles. The molecule has 0 spiro atoms. The highest BCUT2D eigenvalue weighted by Crippen LogP contribution is 2.30. The van der Waals surface area contributed by atoms with Crippen molar-refractivity contribution in [3.8, 4) is 0 Å². The number of hydrogen-bond acceptors (Lipinski definition) is 1. The van der Waals surface area contributed by atoms with Crippen LogP contribution < -0.4 is 5.32 Å². The van der Waals surface area contributed by atoms with Gasteiger partial charge < -0.3 is 5.32 Å². The first kappa shape index (κ1) is 14.1.